The van der Waals surface area contributed by atoms with Gasteiger partial charge < -0.3 is 14.9 Å². The summed E-state index contributed by atoms with van der Waals surface area (Å²) in [6.45, 7) is 5.71. The average molecular weight is 376 g/mol. The molecule has 148 valence electrons. The number of aliphatic hydroxyl groups is 1. The van der Waals surface area contributed by atoms with Crippen molar-refractivity contribution in [2.75, 3.05) is 32.8 Å². The molecular formula is C19H28N4O4. The highest BCUT2D eigenvalue weighted by atomic mass is 16.3. The van der Waals surface area contributed by atoms with Crippen molar-refractivity contribution in [1.82, 2.24) is 19.6 Å². The highest BCUT2D eigenvalue weighted by Crippen LogP contribution is 2.38. The third-order valence-electron chi connectivity index (χ3n) is 5.85. The van der Waals surface area contributed by atoms with E-state index in [0.29, 0.717) is 32.6 Å². The van der Waals surface area contributed by atoms with Gasteiger partial charge in [0.2, 0.25) is 11.8 Å². The fraction of sp³-hybridized carbons (Fsp3) is 0.684. The molecule has 0 bridgehead atoms. The molecule has 3 rings (SSSR count). The van der Waals surface area contributed by atoms with Crippen LogP contribution in [0.5, 0.6) is 0 Å². The number of carbonyl (C=O) groups excluding carboxylic acids is 2. The summed E-state index contributed by atoms with van der Waals surface area (Å²) in [4.78, 5) is 40.5. The molecule has 2 saturated heterocycles. The Labute approximate surface area is 158 Å². The van der Waals surface area contributed by atoms with Crippen LogP contribution in [-0.4, -0.2) is 69.3 Å². The van der Waals surface area contributed by atoms with Crippen LogP contribution in [0.25, 0.3) is 0 Å². The molecule has 1 atom stereocenters. The summed E-state index contributed by atoms with van der Waals surface area (Å²) in [5.41, 5.74) is 1.17. The molecule has 2 fully saturated rings. The first kappa shape index (κ1) is 19.5. The number of amides is 2. The number of aliphatic hydroxyl groups excluding tert-OH is 1. The Morgan fingerprint density at radius 1 is 1.26 bits per heavy atom. The summed E-state index contributed by atoms with van der Waals surface area (Å²) >= 11 is 0. The van der Waals surface area contributed by atoms with Gasteiger partial charge in [-0.25, -0.2) is 4.68 Å². The van der Waals surface area contributed by atoms with Crippen LogP contribution in [0.15, 0.2) is 10.9 Å². The van der Waals surface area contributed by atoms with Gasteiger partial charge in [-0.2, -0.15) is 5.10 Å². The maximum atomic E-state index is 12.8. The molecule has 3 heterocycles. The van der Waals surface area contributed by atoms with Gasteiger partial charge in [0.25, 0.3) is 5.56 Å². The van der Waals surface area contributed by atoms with Crippen LogP contribution < -0.4 is 5.56 Å². The van der Waals surface area contributed by atoms with E-state index in [1.54, 1.807) is 9.80 Å². The Bertz CT molecular complexity index is 790. The van der Waals surface area contributed by atoms with Crippen molar-refractivity contribution in [2.45, 2.75) is 46.1 Å². The van der Waals surface area contributed by atoms with Crippen molar-refractivity contribution < 1.29 is 14.7 Å². The number of aromatic nitrogens is 2. The van der Waals surface area contributed by atoms with Crippen molar-refractivity contribution in [3.05, 3.63) is 27.7 Å². The van der Waals surface area contributed by atoms with Crippen molar-refractivity contribution in [3.63, 3.8) is 0 Å². The largest absolute Gasteiger partial charge is 0.395 e. The van der Waals surface area contributed by atoms with Crippen molar-refractivity contribution >= 4 is 11.8 Å². The number of hydrogen-bond acceptors (Lipinski definition) is 5. The van der Waals surface area contributed by atoms with Crippen LogP contribution in [0, 0.1) is 19.3 Å². The van der Waals surface area contributed by atoms with E-state index in [2.05, 4.69) is 5.10 Å². The third kappa shape index (κ3) is 4.21. The topological polar surface area (TPSA) is 95.7 Å². The molecule has 0 saturated carbocycles. The van der Waals surface area contributed by atoms with Crippen LogP contribution in [-0.2, 0) is 16.1 Å². The number of piperidine rings is 2. The molecule has 2 amide bonds. The summed E-state index contributed by atoms with van der Waals surface area (Å²) in [6.07, 6.45) is 3.07. The van der Waals surface area contributed by atoms with Crippen molar-refractivity contribution in [1.29, 1.82) is 0 Å². The molecule has 1 spiro atoms. The SMILES string of the molecule is Cc1cc(=O)n(CC(=O)N2CCC[C@]3(CCC(=O)N(CCO)C3)C2)nc1C. The minimum absolute atomic E-state index is 0.0498. The first-order valence-electron chi connectivity index (χ1n) is 9.55. The molecule has 1 N–H and O–H groups in total. The monoisotopic (exact) mass is 376 g/mol. The predicted molar refractivity (Wildman–Crippen MR) is 99.1 cm³/mol. The zero-order chi connectivity index (χ0) is 19.6. The smallest absolute Gasteiger partial charge is 0.267 e. The summed E-state index contributed by atoms with van der Waals surface area (Å²) in [6, 6.07) is 1.51. The molecule has 8 heteroatoms. The fourth-order valence-electron chi connectivity index (χ4n) is 4.20. The second kappa shape index (κ2) is 7.80. The first-order chi connectivity index (χ1) is 12.8. The van der Waals surface area contributed by atoms with Gasteiger partial charge in [0.05, 0.1) is 12.3 Å². The standard InChI is InChI=1S/C19H28N4O4/c1-14-10-17(26)23(20-15(14)2)11-18(27)21-7-3-5-19(12-21)6-4-16(25)22(13-19)8-9-24/h10,24H,3-9,11-13H2,1-2H3/t19-/m0/s1. The zero-order valence-corrected chi connectivity index (χ0v) is 16.1. The Hall–Kier alpha value is -2.22. The van der Waals surface area contributed by atoms with Crippen LogP contribution >= 0.6 is 0 Å². The minimum Gasteiger partial charge on any atom is -0.395 e. The van der Waals surface area contributed by atoms with Gasteiger partial charge in [-0.1, -0.05) is 0 Å². The normalized spacial score (nSPS) is 23.1. The fourth-order valence-corrected chi connectivity index (χ4v) is 4.20. The molecule has 1 aromatic heterocycles. The van der Waals surface area contributed by atoms with E-state index in [1.807, 2.05) is 13.8 Å². The molecule has 27 heavy (non-hydrogen) atoms. The van der Waals surface area contributed by atoms with E-state index in [1.165, 1.54) is 10.7 Å². The first-order valence-corrected chi connectivity index (χ1v) is 9.55. The van der Waals surface area contributed by atoms with Crippen LogP contribution in [0.2, 0.25) is 0 Å². The van der Waals surface area contributed by atoms with Gasteiger partial charge in [0.1, 0.15) is 6.54 Å². The van der Waals surface area contributed by atoms with Gasteiger partial charge in [-0.15, -0.1) is 0 Å². The maximum absolute atomic E-state index is 12.8. The van der Waals surface area contributed by atoms with E-state index >= 15 is 0 Å². The average Bonchev–Trinajstić information content (AvgIpc) is 2.63. The lowest BCUT2D eigenvalue weighted by Gasteiger charge is -2.48. The Morgan fingerprint density at radius 3 is 2.78 bits per heavy atom. The van der Waals surface area contributed by atoms with Crippen LogP contribution in [0.3, 0.4) is 0 Å². The lowest BCUT2D eigenvalue weighted by atomic mass is 9.73. The predicted octanol–water partition coefficient (Wildman–Crippen LogP) is 0.0836. The number of nitrogens with zero attached hydrogens (tertiary/aromatic N) is 4. The summed E-state index contributed by atoms with van der Waals surface area (Å²) < 4.78 is 1.23. The molecule has 2 aliphatic rings. The van der Waals surface area contributed by atoms with Gasteiger partial charge in [-0.3, -0.25) is 14.4 Å². The third-order valence-corrected chi connectivity index (χ3v) is 5.85. The summed E-state index contributed by atoms with van der Waals surface area (Å²) in [5.74, 6) is -0.0402. The molecule has 1 aromatic rings. The molecule has 0 aliphatic carbocycles. The second-order valence-electron chi connectivity index (χ2n) is 7.87. The van der Waals surface area contributed by atoms with Crippen LogP contribution in [0.4, 0.5) is 0 Å². The van der Waals surface area contributed by atoms with Gasteiger partial charge in [-0.05, 0) is 38.7 Å². The van der Waals surface area contributed by atoms with Crippen molar-refractivity contribution in [2.24, 2.45) is 5.41 Å². The van der Waals surface area contributed by atoms with Crippen molar-refractivity contribution in [3.8, 4) is 0 Å². The van der Waals surface area contributed by atoms with Gasteiger partial charge >= 0.3 is 0 Å². The second-order valence-corrected chi connectivity index (χ2v) is 7.87. The van der Waals surface area contributed by atoms with Gasteiger partial charge in [0, 0.05) is 44.1 Å². The molecular weight excluding hydrogens is 348 g/mol. The molecule has 2 aliphatic heterocycles. The number of β-amino-alcohol motifs (C(OH)–C–C–N with tert-alkyl or cyclic N) is 1. The summed E-state index contributed by atoms with van der Waals surface area (Å²) in [5, 5.41) is 13.4. The van der Waals surface area contributed by atoms with E-state index < -0.39 is 0 Å². The Balaban J connectivity index is 1.71. The minimum atomic E-state index is -0.268. The molecule has 0 aromatic carbocycles. The van der Waals surface area contributed by atoms with E-state index in [-0.39, 0.29) is 35.9 Å². The Kier molecular flexibility index (Phi) is 5.64. The molecule has 0 radical (unpaired) electrons. The number of hydrogen-bond donors (Lipinski definition) is 1. The summed E-state index contributed by atoms with van der Waals surface area (Å²) in [7, 11) is 0. The molecule has 0 unspecified atom stereocenters. The maximum Gasteiger partial charge on any atom is 0.267 e. The number of carbonyl (C=O) groups is 2. The quantitative estimate of drug-likeness (QED) is 0.803. The lowest BCUT2D eigenvalue weighted by Crippen LogP contribution is -2.56. The Morgan fingerprint density at radius 2 is 2.04 bits per heavy atom. The number of likely N-dealkylation sites (tertiary alicyclic amines) is 2. The van der Waals surface area contributed by atoms with E-state index in [4.69, 9.17) is 0 Å². The zero-order valence-electron chi connectivity index (χ0n) is 16.1. The van der Waals surface area contributed by atoms with E-state index in [0.717, 1.165) is 30.5 Å². The van der Waals surface area contributed by atoms with Gasteiger partial charge in [0.15, 0.2) is 0 Å². The highest BCUT2D eigenvalue weighted by Gasteiger charge is 2.42. The van der Waals surface area contributed by atoms with Crippen LogP contribution in [0.1, 0.15) is 36.9 Å². The number of aryl methyl sites for hydroxylation is 2. The lowest BCUT2D eigenvalue weighted by molar-refractivity contribution is -0.143. The van der Waals surface area contributed by atoms with E-state index in [9.17, 15) is 19.5 Å². The molecule has 8 nitrogen and oxygen atoms in total. The highest BCUT2D eigenvalue weighted by molar-refractivity contribution is 5.78. The number of rotatable bonds is 4.